The maximum Gasteiger partial charge on any atom is 0.328 e. The van der Waals surface area contributed by atoms with Crippen LogP contribution in [-0.2, 0) is 4.79 Å². The second-order valence-electron chi connectivity index (χ2n) is 5.24. The first-order valence-electron chi connectivity index (χ1n) is 8.03. The fourth-order valence-electron chi connectivity index (χ4n) is 2.05. The van der Waals surface area contributed by atoms with Crippen LogP contribution in [0.1, 0.15) is 51.0 Å². The summed E-state index contributed by atoms with van der Waals surface area (Å²) in [5.41, 5.74) is 1.02. The molecule has 0 spiro atoms. The van der Waals surface area contributed by atoms with E-state index in [4.69, 9.17) is 9.84 Å². The van der Waals surface area contributed by atoms with Crippen LogP contribution in [0.25, 0.3) is 6.08 Å². The van der Waals surface area contributed by atoms with Crippen LogP contribution in [0.15, 0.2) is 42.5 Å². The Labute approximate surface area is 133 Å². The van der Waals surface area contributed by atoms with Crippen LogP contribution in [0.3, 0.4) is 0 Å². The minimum absolute atomic E-state index is 0.767. The second-order valence-corrected chi connectivity index (χ2v) is 5.24. The number of rotatable bonds is 11. The molecule has 1 N–H and O–H groups in total. The van der Waals surface area contributed by atoms with E-state index >= 15 is 0 Å². The Hall–Kier alpha value is -2.03. The summed E-state index contributed by atoms with van der Waals surface area (Å²) in [6.45, 7) is 2.99. The molecule has 0 bridgehead atoms. The van der Waals surface area contributed by atoms with Gasteiger partial charge in [-0.3, -0.25) is 0 Å². The summed E-state index contributed by atoms with van der Waals surface area (Å²) < 4.78 is 5.71. The average molecular weight is 302 g/mol. The van der Waals surface area contributed by atoms with E-state index in [0.717, 1.165) is 30.4 Å². The first-order chi connectivity index (χ1) is 10.7. The number of carboxylic acid groups (broad SMARTS) is 1. The number of hydrogen-bond acceptors (Lipinski definition) is 2. The highest BCUT2D eigenvalue weighted by Gasteiger charge is 1.94. The van der Waals surface area contributed by atoms with Gasteiger partial charge in [0.1, 0.15) is 5.75 Å². The summed E-state index contributed by atoms with van der Waals surface area (Å²) >= 11 is 0. The Bertz CT molecular complexity index is 472. The van der Waals surface area contributed by atoms with Gasteiger partial charge in [0.15, 0.2) is 0 Å². The Morgan fingerprint density at radius 1 is 1.05 bits per heavy atom. The molecule has 0 aliphatic heterocycles. The van der Waals surface area contributed by atoms with Crippen molar-refractivity contribution in [2.45, 2.75) is 45.4 Å². The summed E-state index contributed by atoms with van der Waals surface area (Å²) in [6, 6.07) is 7.80. The van der Waals surface area contributed by atoms with Crippen molar-refractivity contribution >= 4 is 12.0 Å². The average Bonchev–Trinajstić information content (AvgIpc) is 2.52. The van der Waals surface area contributed by atoms with E-state index in [-0.39, 0.29) is 0 Å². The monoisotopic (exact) mass is 302 g/mol. The number of carbonyl (C=O) groups is 1. The van der Waals surface area contributed by atoms with E-state index < -0.39 is 5.97 Å². The lowest BCUT2D eigenvalue weighted by atomic mass is 10.1. The molecule has 3 heteroatoms. The van der Waals surface area contributed by atoms with Gasteiger partial charge in [0.2, 0.25) is 0 Å². The van der Waals surface area contributed by atoms with Gasteiger partial charge in [-0.1, -0.05) is 69.4 Å². The molecule has 0 heterocycles. The maximum atomic E-state index is 10.3. The van der Waals surface area contributed by atoms with Crippen LogP contribution in [0, 0.1) is 0 Å². The summed E-state index contributed by atoms with van der Waals surface area (Å²) in [5, 5.41) is 8.47. The number of carboxylic acids is 1. The van der Waals surface area contributed by atoms with Crippen LogP contribution in [0.4, 0.5) is 0 Å². The molecular formula is C19H26O3. The highest BCUT2D eigenvalue weighted by Crippen LogP contribution is 2.14. The molecule has 22 heavy (non-hydrogen) atoms. The molecule has 0 aromatic heterocycles. The number of benzene rings is 1. The largest absolute Gasteiger partial charge is 0.494 e. The van der Waals surface area contributed by atoms with Gasteiger partial charge in [0.05, 0.1) is 6.61 Å². The van der Waals surface area contributed by atoms with E-state index in [1.807, 2.05) is 30.3 Å². The molecular weight excluding hydrogens is 276 g/mol. The molecule has 1 aromatic carbocycles. The normalized spacial score (nSPS) is 11.3. The zero-order valence-electron chi connectivity index (χ0n) is 13.3. The van der Waals surface area contributed by atoms with Crippen molar-refractivity contribution < 1.29 is 14.6 Å². The number of aliphatic carboxylic acids is 1. The zero-order chi connectivity index (χ0) is 16.0. The third kappa shape index (κ3) is 9.01. The Morgan fingerprint density at radius 3 is 2.41 bits per heavy atom. The van der Waals surface area contributed by atoms with Crippen molar-refractivity contribution in [3.63, 3.8) is 0 Å². The Kier molecular flexibility index (Phi) is 9.51. The molecule has 3 nitrogen and oxygen atoms in total. The lowest BCUT2D eigenvalue weighted by Gasteiger charge is -2.06. The Balaban J connectivity index is 2.23. The van der Waals surface area contributed by atoms with Gasteiger partial charge in [-0.2, -0.15) is 0 Å². The third-order valence-electron chi connectivity index (χ3n) is 3.29. The van der Waals surface area contributed by atoms with E-state index in [9.17, 15) is 4.79 Å². The first-order valence-corrected chi connectivity index (χ1v) is 8.03. The van der Waals surface area contributed by atoms with Gasteiger partial charge in [-0.05, 0) is 24.1 Å². The molecule has 0 radical (unpaired) electrons. The summed E-state index contributed by atoms with van der Waals surface area (Å²) in [5.74, 6) is -0.0603. The van der Waals surface area contributed by atoms with E-state index in [2.05, 4.69) is 6.92 Å². The molecule has 0 saturated heterocycles. The Morgan fingerprint density at radius 2 is 1.73 bits per heavy atom. The molecule has 0 unspecified atom stereocenters. The molecule has 0 aliphatic carbocycles. The van der Waals surface area contributed by atoms with E-state index in [1.165, 1.54) is 38.2 Å². The molecule has 0 saturated carbocycles. The number of hydrogen-bond donors (Lipinski definition) is 1. The molecule has 120 valence electrons. The topological polar surface area (TPSA) is 46.5 Å². The van der Waals surface area contributed by atoms with Crippen molar-refractivity contribution in [2.24, 2.45) is 0 Å². The molecule has 1 aromatic rings. The summed E-state index contributed by atoms with van der Waals surface area (Å²) in [6.07, 6.45) is 13.7. The molecule has 0 amide bonds. The molecule has 0 atom stereocenters. The van der Waals surface area contributed by atoms with Crippen molar-refractivity contribution in [3.8, 4) is 5.75 Å². The van der Waals surface area contributed by atoms with Gasteiger partial charge in [-0.25, -0.2) is 4.79 Å². The predicted molar refractivity (Wildman–Crippen MR) is 91.1 cm³/mol. The summed E-state index contributed by atoms with van der Waals surface area (Å²) in [4.78, 5) is 10.3. The SMILES string of the molecule is CCCCCCCCOc1ccc(/C=C/C=C/C(=O)O)cc1. The highest BCUT2D eigenvalue weighted by atomic mass is 16.5. The maximum absolute atomic E-state index is 10.3. The van der Waals surface area contributed by atoms with Crippen LogP contribution in [0.5, 0.6) is 5.75 Å². The highest BCUT2D eigenvalue weighted by molar-refractivity contribution is 5.80. The quantitative estimate of drug-likeness (QED) is 0.352. The molecule has 0 fully saturated rings. The van der Waals surface area contributed by atoms with Crippen LogP contribution in [0.2, 0.25) is 0 Å². The van der Waals surface area contributed by atoms with Gasteiger partial charge < -0.3 is 9.84 Å². The second kappa shape index (κ2) is 11.6. The van der Waals surface area contributed by atoms with Gasteiger partial charge in [-0.15, -0.1) is 0 Å². The standard InChI is InChI=1S/C19H26O3/c1-2-3-4-5-6-9-16-22-18-14-12-17(13-15-18)10-7-8-11-19(20)21/h7-8,10-15H,2-6,9,16H2,1H3,(H,20,21)/b10-7+,11-8+. The van der Waals surface area contributed by atoms with Gasteiger partial charge >= 0.3 is 5.97 Å². The van der Waals surface area contributed by atoms with Crippen LogP contribution in [-0.4, -0.2) is 17.7 Å². The zero-order valence-corrected chi connectivity index (χ0v) is 13.3. The lowest BCUT2D eigenvalue weighted by molar-refractivity contribution is -0.131. The number of ether oxygens (including phenoxy) is 1. The van der Waals surface area contributed by atoms with Crippen molar-refractivity contribution in [3.05, 3.63) is 48.1 Å². The lowest BCUT2D eigenvalue weighted by Crippen LogP contribution is -1.97. The van der Waals surface area contributed by atoms with Crippen molar-refractivity contribution in [1.82, 2.24) is 0 Å². The first kappa shape index (κ1) is 18.0. The smallest absolute Gasteiger partial charge is 0.328 e. The van der Waals surface area contributed by atoms with Gasteiger partial charge in [0.25, 0.3) is 0 Å². The summed E-state index contributed by atoms with van der Waals surface area (Å²) in [7, 11) is 0. The number of unbranched alkanes of at least 4 members (excludes halogenated alkanes) is 5. The fraction of sp³-hybridized carbons (Fsp3) is 0.421. The number of allylic oxidation sites excluding steroid dienone is 2. The third-order valence-corrected chi connectivity index (χ3v) is 3.29. The van der Waals surface area contributed by atoms with Crippen LogP contribution < -0.4 is 4.74 Å². The molecule has 1 rings (SSSR count). The fourth-order valence-corrected chi connectivity index (χ4v) is 2.05. The predicted octanol–water partition coefficient (Wildman–Crippen LogP) is 5.08. The minimum Gasteiger partial charge on any atom is -0.494 e. The van der Waals surface area contributed by atoms with Crippen LogP contribution >= 0.6 is 0 Å². The van der Waals surface area contributed by atoms with Gasteiger partial charge in [0, 0.05) is 6.08 Å². The van der Waals surface area contributed by atoms with E-state index in [0.29, 0.717) is 0 Å². The van der Waals surface area contributed by atoms with E-state index in [1.54, 1.807) is 6.08 Å². The van der Waals surface area contributed by atoms with Crippen molar-refractivity contribution in [1.29, 1.82) is 0 Å². The minimum atomic E-state index is -0.942. The van der Waals surface area contributed by atoms with Crippen molar-refractivity contribution in [2.75, 3.05) is 6.61 Å². The molecule has 0 aliphatic rings.